The summed E-state index contributed by atoms with van der Waals surface area (Å²) in [6.07, 6.45) is 0.938. The summed E-state index contributed by atoms with van der Waals surface area (Å²) >= 11 is 13.3. The maximum absolute atomic E-state index is 6.82. The van der Waals surface area contributed by atoms with E-state index in [1.54, 1.807) is 0 Å². The normalized spacial score (nSPS) is 11.8. The average Bonchev–Trinajstić information content (AvgIpc) is 2.69. The number of halogens is 2. The first kappa shape index (κ1) is 18.6. The average molecular weight is 383 g/mol. The molecule has 0 aliphatic carbocycles. The van der Waals surface area contributed by atoms with E-state index in [0.717, 1.165) is 28.7 Å². The summed E-state index contributed by atoms with van der Waals surface area (Å²) in [6, 6.07) is 25.9. The number of hydrogen-bond acceptors (Lipinski definition) is 1. The summed E-state index contributed by atoms with van der Waals surface area (Å²) in [5.41, 5.74) is 3.91. The zero-order valence-electron chi connectivity index (χ0n) is 14.6. The van der Waals surface area contributed by atoms with E-state index in [2.05, 4.69) is 19.1 Å². The van der Waals surface area contributed by atoms with Gasteiger partial charge in [0.15, 0.2) is 0 Å². The minimum Gasteiger partial charge on any atom is -0.492 e. The van der Waals surface area contributed by atoms with E-state index in [1.807, 2.05) is 66.7 Å². The summed E-state index contributed by atoms with van der Waals surface area (Å²) in [5, 5.41) is 1.28. The fraction of sp³-hybridized carbons (Fsp3) is 0.130. The van der Waals surface area contributed by atoms with E-state index < -0.39 is 0 Å². The maximum Gasteiger partial charge on any atom is 0.137 e. The third-order valence-electron chi connectivity index (χ3n) is 3.99. The minimum absolute atomic E-state index is 0.585. The van der Waals surface area contributed by atoms with Gasteiger partial charge in [0.25, 0.3) is 0 Å². The van der Waals surface area contributed by atoms with Crippen molar-refractivity contribution < 1.29 is 4.74 Å². The van der Waals surface area contributed by atoms with Gasteiger partial charge in [0.1, 0.15) is 5.75 Å². The Kier molecular flexibility index (Phi) is 6.38. The van der Waals surface area contributed by atoms with Gasteiger partial charge in [-0.2, -0.15) is 0 Å². The molecule has 0 heterocycles. The van der Waals surface area contributed by atoms with Crippen molar-refractivity contribution in [2.24, 2.45) is 0 Å². The first-order valence-corrected chi connectivity index (χ1v) is 9.39. The van der Waals surface area contributed by atoms with Crippen LogP contribution in [0, 0.1) is 0 Å². The fourth-order valence-electron chi connectivity index (χ4n) is 2.74. The van der Waals surface area contributed by atoms with Crippen LogP contribution < -0.4 is 4.74 Å². The van der Waals surface area contributed by atoms with Crippen LogP contribution in [-0.2, 0) is 0 Å². The quantitative estimate of drug-likeness (QED) is 0.406. The summed E-state index contributed by atoms with van der Waals surface area (Å²) < 4.78 is 5.69. The van der Waals surface area contributed by atoms with Crippen LogP contribution in [0.3, 0.4) is 0 Å². The molecule has 0 aromatic heterocycles. The lowest BCUT2D eigenvalue weighted by molar-refractivity contribution is 0.317. The maximum atomic E-state index is 6.82. The Balaban J connectivity index is 2.12. The highest BCUT2D eigenvalue weighted by Crippen LogP contribution is 2.37. The van der Waals surface area contributed by atoms with Crippen LogP contribution in [0.1, 0.15) is 30.0 Å². The predicted molar refractivity (Wildman–Crippen MR) is 112 cm³/mol. The molecule has 0 bridgehead atoms. The summed E-state index contributed by atoms with van der Waals surface area (Å²) in [6.45, 7) is 2.71. The lowest BCUT2D eigenvalue weighted by Gasteiger charge is -2.14. The van der Waals surface area contributed by atoms with Crippen molar-refractivity contribution in [2.75, 3.05) is 6.61 Å². The molecule has 3 aromatic carbocycles. The van der Waals surface area contributed by atoms with Crippen LogP contribution in [0.4, 0.5) is 0 Å². The lowest BCUT2D eigenvalue weighted by Crippen LogP contribution is -1.97. The molecule has 26 heavy (non-hydrogen) atoms. The smallest absolute Gasteiger partial charge is 0.137 e. The van der Waals surface area contributed by atoms with E-state index in [-0.39, 0.29) is 0 Å². The van der Waals surface area contributed by atoms with Crippen LogP contribution >= 0.6 is 23.2 Å². The van der Waals surface area contributed by atoms with Gasteiger partial charge in [0.2, 0.25) is 0 Å². The number of benzene rings is 3. The zero-order valence-corrected chi connectivity index (χ0v) is 16.1. The molecule has 0 spiro atoms. The molecule has 0 fully saturated rings. The van der Waals surface area contributed by atoms with Crippen molar-refractivity contribution >= 4 is 33.8 Å². The highest BCUT2D eigenvalue weighted by Gasteiger charge is 2.14. The molecular weight excluding hydrogens is 363 g/mol. The Morgan fingerprint density at radius 2 is 1.42 bits per heavy atom. The van der Waals surface area contributed by atoms with Gasteiger partial charge >= 0.3 is 0 Å². The van der Waals surface area contributed by atoms with Gasteiger partial charge in [-0.1, -0.05) is 96.9 Å². The molecule has 0 atom stereocenters. The van der Waals surface area contributed by atoms with Crippen molar-refractivity contribution in [3.05, 3.63) is 101 Å². The van der Waals surface area contributed by atoms with Gasteiger partial charge in [0.05, 0.1) is 16.7 Å². The van der Waals surface area contributed by atoms with Crippen LogP contribution in [0.25, 0.3) is 10.6 Å². The molecular formula is C23H20Cl2O. The highest BCUT2D eigenvalue weighted by molar-refractivity contribution is 6.53. The Labute approximate surface area is 164 Å². The van der Waals surface area contributed by atoms with Gasteiger partial charge in [-0.15, -0.1) is 0 Å². The van der Waals surface area contributed by atoms with Crippen LogP contribution in [0.2, 0.25) is 5.02 Å². The molecule has 0 N–H and O–H groups in total. The van der Waals surface area contributed by atoms with Crippen molar-refractivity contribution in [3.8, 4) is 5.75 Å². The third kappa shape index (κ3) is 4.30. The third-order valence-corrected chi connectivity index (χ3v) is 4.69. The van der Waals surface area contributed by atoms with Gasteiger partial charge in [-0.25, -0.2) is 0 Å². The fourth-order valence-corrected chi connectivity index (χ4v) is 3.32. The highest BCUT2D eigenvalue weighted by atomic mass is 35.5. The second-order valence-corrected chi connectivity index (χ2v) is 6.70. The standard InChI is InChI=1S/C23H20Cl2O/c1-2-15-26-21-14-13-19(16-20(21)24)22(17-9-5-3-6-10-17)23(25)18-11-7-4-8-12-18/h3-14,16H,2,15H2,1H3/b23-22+. The van der Waals surface area contributed by atoms with Crippen LogP contribution in [0.15, 0.2) is 78.9 Å². The lowest BCUT2D eigenvalue weighted by atomic mass is 9.95. The Bertz CT molecular complexity index is 887. The second-order valence-electron chi connectivity index (χ2n) is 5.91. The van der Waals surface area contributed by atoms with E-state index in [0.29, 0.717) is 22.4 Å². The monoisotopic (exact) mass is 382 g/mol. The summed E-state index contributed by atoms with van der Waals surface area (Å²) in [7, 11) is 0. The molecule has 0 aliphatic rings. The molecule has 0 radical (unpaired) electrons. The number of hydrogen-bond donors (Lipinski definition) is 0. The van der Waals surface area contributed by atoms with Gasteiger partial charge in [0, 0.05) is 5.57 Å². The van der Waals surface area contributed by atoms with Crippen molar-refractivity contribution in [1.82, 2.24) is 0 Å². The molecule has 0 unspecified atom stereocenters. The molecule has 0 aliphatic heterocycles. The van der Waals surface area contributed by atoms with Crippen LogP contribution in [0.5, 0.6) is 5.75 Å². The molecule has 132 valence electrons. The van der Waals surface area contributed by atoms with Crippen molar-refractivity contribution in [3.63, 3.8) is 0 Å². The van der Waals surface area contributed by atoms with Crippen molar-refractivity contribution in [1.29, 1.82) is 0 Å². The van der Waals surface area contributed by atoms with Gasteiger partial charge in [-0.05, 0) is 35.2 Å². The SMILES string of the molecule is CCCOc1ccc(/C(=C(/Cl)c2ccccc2)c2ccccc2)cc1Cl. The molecule has 3 rings (SSSR count). The Morgan fingerprint density at radius 1 is 0.808 bits per heavy atom. The molecule has 3 aromatic rings. The number of ether oxygens (including phenoxy) is 1. The van der Waals surface area contributed by atoms with E-state index in [4.69, 9.17) is 27.9 Å². The van der Waals surface area contributed by atoms with E-state index in [1.165, 1.54) is 0 Å². The molecule has 0 amide bonds. The second kappa shape index (κ2) is 8.93. The molecule has 0 saturated carbocycles. The van der Waals surface area contributed by atoms with E-state index >= 15 is 0 Å². The molecule has 0 saturated heterocycles. The number of rotatable bonds is 6. The van der Waals surface area contributed by atoms with Gasteiger partial charge in [-0.3, -0.25) is 0 Å². The topological polar surface area (TPSA) is 9.23 Å². The summed E-state index contributed by atoms with van der Waals surface area (Å²) in [4.78, 5) is 0. The molecule has 3 heteroatoms. The largest absolute Gasteiger partial charge is 0.492 e. The van der Waals surface area contributed by atoms with Crippen LogP contribution in [-0.4, -0.2) is 6.61 Å². The Hall–Kier alpha value is -2.22. The van der Waals surface area contributed by atoms with Crippen molar-refractivity contribution in [2.45, 2.75) is 13.3 Å². The summed E-state index contributed by atoms with van der Waals surface area (Å²) in [5.74, 6) is 0.695. The first-order chi connectivity index (χ1) is 12.7. The first-order valence-electron chi connectivity index (χ1n) is 8.64. The Morgan fingerprint density at radius 3 is 2.00 bits per heavy atom. The predicted octanol–water partition coefficient (Wildman–Crippen LogP) is 7.28. The van der Waals surface area contributed by atoms with E-state index in [9.17, 15) is 0 Å². The molecule has 1 nitrogen and oxygen atoms in total. The minimum atomic E-state index is 0.585. The van der Waals surface area contributed by atoms with Gasteiger partial charge < -0.3 is 4.74 Å². The zero-order chi connectivity index (χ0) is 18.4.